The second kappa shape index (κ2) is 6.04. The Morgan fingerprint density at radius 2 is 2.30 bits per heavy atom. The number of halogens is 1. The molecule has 3 rings (SSSR count). The molecule has 0 saturated heterocycles. The number of rotatable bonds is 4. The van der Waals surface area contributed by atoms with Crippen LogP contribution in [-0.4, -0.2) is 12.6 Å². The van der Waals surface area contributed by atoms with Crippen molar-refractivity contribution in [3.63, 3.8) is 0 Å². The highest BCUT2D eigenvalue weighted by molar-refractivity contribution is 9.10. The van der Waals surface area contributed by atoms with Crippen LogP contribution in [-0.2, 0) is 12.8 Å². The number of hydrogen-bond acceptors (Lipinski definition) is 3. The van der Waals surface area contributed by atoms with Gasteiger partial charge >= 0.3 is 0 Å². The Hall–Kier alpha value is -0.580. The molecule has 1 aliphatic carbocycles. The summed E-state index contributed by atoms with van der Waals surface area (Å²) in [6.45, 7) is 3.16. The lowest BCUT2D eigenvalue weighted by Crippen LogP contribution is -2.43. The van der Waals surface area contributed by atoms with Gasteiger partial charge in [0.15, 0.2) is 0 Å². The summed E-state index contributed by atoms with van der Waals surface area (Å²) < 4.78 is 6.98. The van der Waals surface area contributed by atoms with E-state index >= 15 is 0 Å². The van der Waals surface area contributed by atoms with E-state index < -0.39 is 0 Å². The fourth-order valence-electron chi connectivity index (χ4n) is 3.84. The maximum Gasteiger partial charge on any atom is 0.125 e. The van der Waals surface area contributed by atoms with Gasteiger partial charge in [-0.2, -0.15) is 0 Å². The van der Waals surface area contributed by atoms with Crippen molar-refractivity contribution in [2.45, 2.75) is 45.1 Å². The van der Waals surface area contributed by atoms with Crippen LogP contribution < -0.4 is 16.0 Å². The summed E-state index contributed by atoms with van der Waals surface area (Å²) in [5, 5.41) is 0. The summed E-state index contributed by atoms with van der Waals surface area (Å²) in [5.41, 5.74) is 5.67. The van der Waals surface area contributed by atoms with Crippen molar-refractivity contribution in [3.05, 3.63) is 27.7 Å². The lowest BCUT2D eigenvalue weighted by molar-refractivity contribution is 0.293. The van der Waals surface area contributed by atoms with E-state index in [1.807, 2.05) is 0 Å². The van der Waals surface area contributed by atoms with E-state index in [4.69, 9.17) is 10.6 Å². The third-order valence-electron chi connectivity index (χ3n) is 4.92. The molecular formula is C16H23BrN2O. The minimum absolute atomic E-state index is 0.343. The van der Waals surface area contributed by atoms with Gasteiger partial charge in [-0.25, -0.2) is 0 Å². The Labute approximate surface area is 129 Å². The molecule has 3 N–H and O–H groups in total. The fourth-order valence-corrected chi connectivity index (χ4v) is 4.39. The average Bonchev–Trinajstić information content (AvgIpc) is 3.04. The van der Waals surface area contributed by atoms with Gasteiger partial charge < -0.3 is 4.74 Å². The van der Waals surface area contributed by atoms with Gasteiger partial charge in [0, 0.05) is 16.9 Å². The first kappa shape index (κ1) is 14.4. The highest BCUT2D eigenvalue weighted by Crippen LogP contribution is 2.38. The molecule has 0 aromatic heterocycles. The molecule has 0 bridgehead atoms. The summed E-state index contributed by atoms with van der Waals surface area (Å²) in [5.74, 6) is 8.38. The van der Waals surface area contributed by atoms with E-state index in [0.29, 0.717) is 12.0 Å². The molecule has 1 heterocycles. The third-order valence-corrected chi connectivity index (χ3v) is 5.38. The molecule has 1 saturated carbocycles. The molecule has 0 radical (unpaired) electrons. The summed E-state index contributed by atoms with van der Waals surface area (Å²) in [7, 11) is 0. The van der Waals surface area contributed by atoms with Gasteiger partial charge in [-0.3, -0.25) is 11.3 Å². The molecule has 2 aliphatic rings. The minimum atomic E-state index is 0.343. The Bertz CT molecular complexity index is 492. The Kier molecular flexibility index (Phi) is 4.34. The predicted octanol–water partition coefficient (Wildman–Crippen LogP) is 3.19. The minimum Gasteiger partial charge on any atom is -0.493 e. The Morgan fingerprint density at radius 1 is 1.45 bits per heavy atom. The monoisotopic (exact) mass is 338 g/mol. The summed E-state index contributed by atoms with van der Waals surface area (Å²) >= 11 is 3.62. The van der Waals surface area contributed by atoms with Crippen molar-refractivity contribution in [3.8, 4) is 5.75 Å². The number of ether oxygens (including phenoxy) is 1. The highest BCUT2D eigenvalue weighted by Gasteiger charge is 2.31. The quantitative estimate of drug-likeness (QED) is 0.654. The van der Waals surface area contributed by atoms with Crippen LogP contribution in [0.3, 0.4) is 0 Å². The first-order chi connectivity index (χ1) is 9.69. The number of benzene rings is 1. The smallest absolute Gasteiger partial charge is 0.125 e. The van der Waals surface area contributed by atoms with Crippen molar-refractivity contribution < 1.29 is 4.74 Å². The van der Waals surface area contributed by atoms with Crippen LogP contribution in [0.1, 0.15) is 37.3 Å². The van der Waals surface area contributed by atoms with Crippen LogP contribution in [0.4, 0.5) is 0 Å². The van der Waals surface area contributed by atoms with Crippen LogP contribution in [0.2, 0.25) is 0 Å². The molecular weight excluding hydrogens is 316 g/mol. The number of hydrazine groups is 1. The molecule has 4 heteroatoms. The van der Waals surface area contributed by atoms with E-state index in [-0.39, 0.29) is 0 Å². The van der Waals surface area contributed by atoms with Crippen LogP contribution in [0.15, 0.2) is 16.6 Å². The molecule has 20 heavy (non-hydrogen) atoms. The van der Waals surface area contributed by atoms with Gasteiger partial charge in [0.2, 0.25) is 0 Å². The van der Waals surface area contributed by atoms with Crippen LogP contribution in [0.25, 0.3) is 0 Å². The van der Waals surface area contributed by atoms with Gasteiger partial charge in [0.1, 0.15) is 5.75 Å². The summed E-state index contributed by atoms with van der Waals surface area (Å²) in [4.78, 5) is 0. The SMILES string of the molecule is CC1CCCC1C(Cc1cc(Br)cc2c1OCC2)NN. The van der Waals surface area contributed by atoms with E-state index in [0.717, 1.165) is 35.6 Å². The van der Waals surface area contributed by atoms with E-state index in [1.165, 1.54) is 30.4 Å². The molecule has 1 aliphatic heterocycles. The zero-order chi connectivity index (χ0) is 14.1. The Balaban J connectivity index is 1.82. The first-order valence-electron chi connectivity index (χ1n) is 7.59. The van der Waals surface area contributed by atoms with Crippen LogP contribution in [0, 0.1) is 11.8 Å². The van der Waals surface area contributed by atoms with E-state index in [1.54, 1.807) is 0 Å². The van der Waals surface area contributed by atoms with Gasteiger partial charge in [-0.05, 0) is 47.9 Å². The van der Waals surface area contributed by atoms with Crippen LogP contribution >= 0.6 is 15.9 Å². The predicted molar refractivity (Wildman–Crippen MR) is 84.7 cm³/mol. The normalized spacial score (nSPS) is 26.4. The van der Waals surface area contributed by atoms with Crippen molar-refractivity contribution >= 4 is 15.9 Å². The molecule has 0 amide bonds. The number of nitrogens with one attached hydrogen (secondary N) is 1. The van der Waals surface area contributed by atoms with Gasteiger partial charge in [-0.15, -0.1) is 0 Å². The molecule has 110 valence electrons. The molecule has 1 aromatic rings. The van der Waals surface area contributed by atoms with Crippen molar-refractivity contribution in [1.29, 1.82) is 0 Å². The molecule has 1 fully saturated rings. The van der Waals surface area contributed by atoms with Gasteiger partial charge in [-0.1, -0.05) is 35.7 Å². The summed E-state index contributed by atoms with van der Waals surface area (Å²) in [6.07, 6.45) is 5.91. The maximum absolute atomic E-state index is 5.84. The number of hydrogen-bond donors (Lipinski definition) is 2. The largest absolute Gasteiger partial charge is 0.493 e. The average molecular weight is 339 g/mol. The molecule has 3 nitrogen and oxygen atoms in total. The van der Waals surface area contributed by atoms with Gasteiger partial charge in [0.25, 0.3) is 0 Å². The lowest BCUT2D eigenvalue weighted by atomic mass is 9.86. The zero-order valence-electron chi connectivity index (χ0n) is 12.0. The molecule has 3 atom stereocenters. The molecule has 1 aromatic carbocycles. The zero-order valence-corrected chi connectivity index (χ0v) is 13.6. The fraction of sp³-hybridized carbons (Fsp3) is 0.625. The second-order valence-electron chi connectivity index (χ2n) is 6.20. The topological polar surface area (TPSA) is 47.3 Å². The molecule has 0 spiro atoms. The van der Waals surface area contributed by atoms with Crippen LogP contribution in [0.5, 0.6) is 5.75 Å². The second-order valence-corrected chi connectivity index (χ2v) is 7.12. The van der Waals surface area contributed by atoms with Crippen molar-refractivity contribution in [2.75, 3.05) is 6.61 Å². The number of fused-ring (bicyclic) bond motifs is 1. The van der Waals surface area contributed by atoms with Crippen molar-refractivity contribution in [2.24, 2.45) is 17.7 Å². The molecule has 3 unspecified atom stereocenters. The summed E-state index contributed by atoms with van der Waals surface area (Å²) in [6, 6.07) is 4.71. The standard InChI is InChI=1S/C16H23BrN2O/c1-10-3-2-4-14(10)15(19-18)9-12-8-13(17)7-11-5-6-20-16(11)12/h7-8,10,14-15,19H,2-6,9,18H2,1H3. The Morgan fingerprint density at radius 3 is 3.00 bits per heavy atom. The highest BCUT2D eigenvalue weighted by atomic mass is 79.9. The lowest BCUT2D eigenvalue weighted by Gasteiger charge is -2.27. The van der Waals surface area contributed by atoms with Gasteiger partial charge in [0.05, 0.1) is 6.61 Å². The number of nitrogens with two attached hydrogens (primary N) is 1. The first-order valence-corrected chi connectivity index (χ1v) is 8.38. The maximum atomic E-state index is 5.84. The van der Waals surface area contributed by atoms with Crippen molar-refractivity contribution in [1.82, 2.24) is 5.43 Å². The van der Waals surface area contributed by atoms with E-state index in [9.17, 15) is 0 Å². The third kappa shape index (κ3) is 2.74. The van der Waals surface area contributed by atoms with E-state index in [2.05, 4.69) is 40.4 Å².